The number of carbonyl (C=O) groups is 4. The molecule has 1 unspecified atom stereocenters. The smallest absolute Gasteiger partial charge is 0.512 e. The molecular weight excluding hydrogens is 923 g/mol. The number of anilines is 1. The van der Waals surface area contributed by atoms with E-state index < -0.39 is 5.92 Å². The zero-order valence-corrected chi connectivity index (χ0v) is 36.9. The second kappa shape index (κ2) is 51.0. The maximum Gasteiger partial charge on any atom is 2.00 e. The van der Waals surface area contributed by atoms with Gasteiger partial charge < -0.3 is 64.5 Å². The second-order valence-corrected chi connectivity index (χ2v) is 14.9. The van der Waals surface area contributed by atoms with E-state index in [9.17, 15) is 19.2 Å². The summed E-state index contributed by atoms with van der Waals surface area (Å²) in [6, 6.07) is 3.46. The molecule has 0 fully saturated rings. The van der Waals surface area contributed by atoms with Gasteiger partial charge in [-0.1, -0.05) is 118 Å². The minimum absolute atomic E-state index is 0. The molecule has 2 rings (SSSR count). The Bertz CT molecular complexity index is 1190. The summed E-state index contributed by atoms with van der Waals surface area (Å²) >= 11 is 0. The van der Waals surface area contributed by atoms with Crippen molar-refractivity contribution in [3.05, 3.63) is 69.5 Å². The Kier molecular flexibility index (Phi) is 55.7. The molecule has 56 heavy (non-hydrogen) atoms. The van der Waals surface area contributed by atoms with Crippen LogP contribution in [0.4, 0.5) is 5.69 Å². The van der Waals surface area contributed by atoms with Gasteiger partial charge in [0.25, 0.3) is 11.8 Å². The van der Waals surface area contributed by atoms with Crippen molar-refractivity contribution >= 4 is 50.8 Å². The minimum atomic E-state index is -0.620. The van der Waals surface area contributed by atoms with Crippen LogP contribution < -0.4 is 5.32 Å². The van der Waals surface area contributed by atoms with Gasteiger partial charge in [-0.05, 0) is 37.8 Å². The predicted molar refractivity (Wildman–Crippen MR) is 215 cm³/mol. The molecule has 0 aliphatic carbocycles. The number of rotatable bonds is 29. The number of nitrogens with one attached hydrogen (secondary N) is 1. The van der Waals surface area contributed by atoms with Gasteiger partial charge >= 0.3 is 19.8 Å². The van der Waals surface area contributed by atoms with Crippen LogP contribution in [0.1, 0.15) is 135 Å². The van der Waals surface area contributed by atoms with E-state index in [0.717, 1.165) is 24.2 Å². The van der Waals surface area contributed by atoms with Crippen LogP contribution in [0.5, 0.6) is 0 Å². The van der Waals surface area contributed by atoms with Crippen molar-refractivity contribution in [3.8, 4) is 0 Å². The fourth-order valence-corrected chi connectivity index (χ4v) is 7.75. The quantitative estimate of drug-likeness (QED) is 0.0344. The first kappa shape index (κ1) is 61.2. The summed E-state index contributed by atoms with van der Waals surface area (Å²) in [5.74, 6) is 0.926. The monoisotopic (exact) mass is 981 g/mol. The molecule has 1 aromatic rings. The summed E-state index contributed by atoms with van der Waals surface area (Å²) in [6.07, 6.45) is 28.3. The molecule has 0 radical (unpaired) electrons. The number of ketones is 1. The number of aromatic nitrogens is 1. The van der Waals surface area contributed by atoms with Crippen LogP contribution in [0.25, 0.3) is 0 Å². The number of hydrogen-bond donors (Lipinski definition) is 1. The Hall–Kier alpha value is -4.04. The summed E-state index contributed by atoms with van der Waals surface area (Å²) in [6.45, 7) is 26.1. The summed E-state index contributed by atoms with van der Waals surface area (Å²) in [4.78, 5) is 54.8. The van der Waals surface area contributed by atoms with Gasteiger partial charge in [-0.3, -0.25) is 29.1 Å². The average Bonchev–Trinajstić information content (AvgIpc) is 3.56. The second-order valence-electron chi connectivity index (χ2n) is 12.2. The summed E-state index contributed by atoms with van der Waals surface area (Å²) in [7, 11) is 4.10. The molecule has 0 saturated heterocycles. The van der Waals surface area contributed by atoms with Crippen molar-refractivity contribution in [2.24, 2.45) is 5.92 Å². The van der Waals surface area contributed by atoms with Crippen LogP contribution in [0.15, 0.2) is 36.7 Å². The maximum absolute atomic E-state index is 13.0. The molecule has 2 heterocycles. The number of unbranched alkanes of at least 4 members (excludes halogenated alkanes) is 15. The number of Topliss-reactive ketones (excluding diaryl/α,β-unsaturated/α-hetero) is 1. The number of pyridine rings is 1. The topological polar surface area (TPSA) is 215 Å². The number of carbonyl (C=O) groups excluding carboxylic acids is 4. The molecule has 0 saturated carbocycles. The Morgan fingerprint density at radius 1 is 0.696 bits per heavy atom. The largest absolute Gasteiger partial charge is 2.00 e. The van der Waals surface area contributed by atoms with E-state index >= 15 is 0 Å². The van der Waals surface area contributed by atoms with E-state index in [1.54, 1.807) is 24.5 Å². The van der Waals surface area contributed by atoms with Crippen LogP contribution in [0.2, 0.25) is 0 Å². The molecule has 15 heteroatoms. The van der Waals surface area contributed by atoms with Gasteiger partial charge in [0.15, 0.2) is 0 Å². The third kappa shape index (κ3) is 36.9. The minimum Gasteiger partial charge on any atom is -0.512 e. The average molecular weight is 980 g/mol. The zero-order chi connectivity index (χ0) is 42.4. The Labute approximate surface area is 358 Å². The molecule has 0 aromatic carbocycles. The fraction of sp³-hybridized carbons (Fsp3) is 0.610. The Balaban J connectivity index is -0.000000727. The number of nitrogens with zero attached hydrogens (tertiary/aromatic N) is 7. The van der Waals surface area contributed by atoms with Crippen LogP contribution in [0, 0.1) is 65.1 Å². The van der Waals surface area contributed by atoms with E-state index in [-0.39, 0.29) is 62.7 Å². The first-order chi connectivity index (χ1) is 27.0. The Morgan fingerprint density at radius 3 is 1.55 bits per heavy atom. The van der Waals surface area contributed by atoms with Gasteiger partial charge in [0.05, 0.1) is 11.9 Å². The number of imide groups is 1. The summed E-state index contributed by atoms with van der Waals surface area (Å²) < 4.78 is 0. The fourth-order valence-electron chi connectivity index (χ4n) is 5.45. The van der Waals surface area contributed by atoms with Crippen LogP contribution in [0.3, 0.4) is 0 Å². The molecular formula is C41H57N8O4OsS2-3. The molecule has 308 valence electrons. The zero-order valence-electron chi connectivity index (χ0n) is 32.7. The van der Waals surface area contributed by atoms with E-state index in [4.69, 9.17) is 59.2 Å². The first-order valence-corrected chi connectivity index (χ1v) is 21.1. The summed E-state index contributed by atoms with van der Waals surface area (Å²) in [5, 5.41) is 34.1. The van der Waals surface area contributed by atoms with E-state index in [0.29, 0.717) is 12.1 Å². The number of hydrogen-bond acceptors (Lipinski definition) is 12. The molecule has 1 aliphatic heterocycles. The predicted octanol–water partition coefficient (Wildman–Crippen LogP) is 9.81. The van der Waals surface area contributed by atoms with Crippen molar-refractivity contribution in [2.75, 3.05) is 23.4 Å². The van der Waals surface area contributed by atoms with Gasteiger partial charge in [-0.2, -0.15) is 0 Å². The maximum atomic E-state index is 13.0. The van der Waals surface area contributed by atoms with Crippen molar-refractivity contribution in [2.45, 2.75) is 135 Å². The van der Waals surface area contributed by atoms with Crippen molar-refractivity contribution in [1.82, 2.24) is 9.88 Å². The number of amides is 3. The molecule has 0 spiro atoms. The van der Waals surface area contributed by atoms with Gasteiger partial charge in [-0.15, -0.1) is 0 Å². The van der Waals surface area contributed by atoms with Crippen LogP contribution >= 0.6 is 21.6 Å². The van der Waals surface area contributed by atoms with E-state index in [1.165, 1.54) is 114 Å². The first-order valence-electron chi connectivity index (χ1n) is 18.6. The third-order valence-electron chi connectivity index (χ3n) is 8.22. The van der Waals surface area contributed by atoms with E-state index in [2.05, 4.69) is 28.0 Å². The normalized spacial score (nSPS) is 11.0. The van der Waals surface area contributed by atoms with Gasteiger partial charge in [-0.25, -0.2) is 0 Å². The van der Waals surface area contributed by atoms with Gasteiger partial charge in [0, 0.05) is 55.2 Å². The van der Waals surface area contributed by atoms with Gasteiger partial charge in [0.1, 0.15) is 5.78 Å². The van der Waals surface area contributed by atoms with E-state index in [1.807, 2.05) is 10.8 Å². The van der Waals surface area contributed by atoms with Crippen LogP contribution in [-0.4, -0.2) is 51.4 Å². The summed E-state index contributed by atoms with van der Waals surface area (Å²) in [5.41, 5.74) is 0.553. The third-order valence-corrected chi connectivity index (χ3v) is 10.8. The molecule has 3 amide bonds. The molecule has 1 N–H and O–H groups in total. The van der Waals surface area contributed by atoms with Crippen molar-refractivity contribution in [3.63, 3.8) is 0 Å². The Morgan fingerprint density at radius 2 is 1.12 bits per heavy atom. The molecule has 1 atom stereocenters. The molecule has 0 bridgehead atoms. The standard InChI is InChI=1S/C36H57N3O4S2.5CN.Os/c1-2-3-4-5-6-8-11-14-17-27-44-45-28-18-15-12-9-7-10-13-16-21-33(40)29-31(24-26-39-34(41)22-23-35(39)42)36(43)38-32-20-19-25-37-30-32;5*1-2;/h19-20,22-23,25,30-31H,2-18,21,24,26-29H2,1H3,(H,38,43);;;;;;/q;5*-1;+2. The van der Waals surface area contributed by atoms with Crippen molar-refractivity contribution < 1.29 is 39.0 Å². The van der Waals surface area contributed by atoms with Gasteiger partial charge in [0.2, 0.25) is 5.91 Å². The van der Waals surface area contributed by atoms with Crippen LogP contribution in [-0.2, 0) is 39.0 Å². The molecule has 12 nitrogen and oxygen atoms in total. The SMILES string of the molecule is CCCCCCCCCCCSSCCCCCCCCCCC(=O)CC(CCN1C(=O)C=CC1=O)C(=O)Nc1cccnc1.[C-]#N.[C-]#N.[C-]#N.[C-]#N.[C-]#N.[Os+2]. The van der Waals surface area contributed by atoms with Crippen molar-refractivity contribution in [1.29, 1.82) is 26.3 Å². The molecule has 1 aromatic heterocycles. The molecule has 1 aliphatic rings.